The molecule has 0 aliphatic carbocycles. The van der Waals surface area contributed by atoms with Gasteiger partial charge in [0.2, 0.25) is 5.95 Å². The highest BCUT2D eigenvalue weighted by atomic mass is 32.2. The van der Waals surface area contributed by atoms with E-state index in [1.807, 2.05) is 23.9 Å². The smallest absolute Gasteiger partial charge is 0.223 e. The number of benzene rings is 1. The third-order valence-electron chi connectivity index (χ3n) is 2.75. The number of hydrogen-bond acceptors (Lipinski definition) is 5. The molecule has 5 heteroatoms. The van der Waals surface area contributed by atoms with E-state index in [1.165, 1.54) is 4.90 Å². The van der Waals surface area contributed by atoms with Crippen molar-refractivity contribution >= 4 is 17.7 Å². The van der Waals surface area contributed by atoms with Gasteiger partial charge in [0.1, 0.15) is 5.82 Å². The predicted octanol–water partition coefficient (Wildman–Crippen LogP) is 3.53. The quantitative estimate of drug-likeness (QED) is 0.875. The molecule has 2 rings (SSSR count). The van der Waals surface area contributed by atoms with Gasteiger partial charge >= 0.3 is 0 Å². The second-order valence-corrected chi connectivity index (χ2v) is 6.89. The monoisotopic (exact) mass is 288 g/mol. The predicted molar refractivity (Wildman–Crippen MR) is 84.8 cm³/mol. The van der Waals surface area contributed by atoms with Gasteiger partial charge in [-0.3, -0.25) is 0 Å². The van der Waals surface area contributed by atoms with Crippen molar-refractivity contribution in [1.82, 2.24) is 15.0 Å². The molecule has 1 aromatic carbocycles. The van der Waals surface area contributed by atoms with Gasteiger partial charge in [0.05, 0.1) is 0 Å². The van der Waals surface area contributed by atoms with Crippen LogP contribution in [0, 0.1) is 0 Å². The third kappa shape index (κ3) is 3.48. The summed E-state index contributed by atoms with van der Waals surface area (Å²) in [6.45, 7) is 8.33. The highest BCUT2D eigenvalue weighted by Crippen LogP contribution is 2.24. The summed E-state index contributed by atoms with van der Waals surface area (Å²) in [6, 6.07) is 8.22. The molecule has 106 valence electrons. The second kappa shape index (κ2) is 5.79. The summed E-state index contributed by atoms with van der Waals surface area (Å²) < 4.78 is 0. The van der Waals surface area contributed by atoms with E-state index in [4.69, 9.17) is 5.73 Å². The highest BCUT2D eigenvalue weighted by molar-refractivity contribution is 7.99. The maximum atomic E-state index is 5.80. The van der Waals surface area contributed by atoms with Crippen molar-refractivity contribution in [3.05, 3.63) is 30.1 Å². The lowest BCUT2D eigenvalue weighted by Crippen LogP contribution is -2.18. The Labute approximate surface area is 124 Å². The zero-order valence-corrected chi connectivity index (χ0v) is 13.2. The molecule has 2 aromatic rings. The van der Waals surface area contributed by atoms with Crippen molar-refractivity contribution in [3.8, 4) is 11.4 Å². The standard InChI is InChI=1S/C15H20N4S/c1-5-20-11-8-6-10(7-9-11)12-17-13(15(2,3)4)19-14(16)18-12/h6-9H,5H2,1-4H3,(H2,16,17,18,19). The molecule has 0 spiro atoms. The van der Waals surface area contributed by atoms with Gasteiger partial charge in [0.25, 0.3) is 0 Å². The van der Waals surface area contributed by atoms with E-state index < -0.39 is 0 Å². The van der Waals surface area contributed by atoms with Crippen LogP contribution in [0.5, 0.6) is 0 Å². The third-order valence-corrected chi connectivity index (χ3v) is 3.64. The van der Waals surface area contributed by atoms with Crippen LogP contribution in [0.2, 0.25) is 0 Å². The van der Waals surface area contributed by atoms with Crippen LogP contribution in [-0.4, -0.2) is 20.7 Å². The Bertz CT molecular complexity index is 588. The first-order valence-electron chi connectivity index (χ1n) is 6.65. The van der Waals surface area contributed by atoms with Gasteiger partial charge in [0, 0.05) is 15.9 Å². The molecule has 0 saturated heterocycles. The van der Waals surface area contributed by atoms with Crippen LogP contribution in [0.1, 0.15) is 33.5 Å². The van der Waals surface area contributed by atoms with Gasteiger partial charge in [-0.25, -0.2) is 4.98 Å². The number of nitrogen functional groups attached to an aromatic ring is 1. The Hall–Kier alpha value is -1.62. The molecule has 0 aliphatic rings. The van der Waals surface area contributed by atoms with E-state index in [0.29, 0.717) is 11.6 Å². The lowest BCUT2D eigenvalue weighted by atomic mass is 9.96. The minimum Gasteiger partial charge on any atom is -0.368 e. The van der Waals surface area contributed by atoms with Crippen LogP contribution >= 0.6 is 11.8 Å². The van der Waals surface area contributed by atoms with Crippen molar-refractivity contribution in [2.45, 2.75) is 38.0 Å². The number of rotatable bonds is 3. The Balaban J connectivity index is 2.39. The molecule has 0 radical (unpaired) electrons. The highest BCUT2D eigenvalue weighted by Gasteiger charge is 2.19. The average molecular weight is 288 g/mol. The van der Waals surface area contributed by atoms with Crippen LogP contribution in [0.4, 0.5) is 5.95 Å². The number of hydrogen-bond donors (Lipinski definition) is 1. The Morgan fingerprint density at radius 1 is 1.05 bits per heavy atom. The van der Waals surface area contributed by atoms with Crippen molar-refractivity contribution in [2.75, 3.05) is 11.5 Å². The number of nitrogens with two attached hydrogens (primary N) is 1. The van der Waals surface area contributed by atoms with Gasteiger partial charge in [-0.2, -0.15) is 9.97 Å². The summed E-state index contributed by atoms with van der Waals surface area (Å²) in [5, 5.41) is 0. The molecule has 0 unspecified atom stereocenters. The fourth-order valence-corrected chi connectivity index (χ4v) is 2.39. The fraction of sp³-hybridized carbons (Fsp3) is 0.400. The second-order valence-electron chi connectivity index (χ2n) is 5.55. The van der Waals surface area contributed by atoms with E-state index in [2.05, 4.69) is 54.8 Å². The number of thioether (sulfide) groups is 1. The molecular weight excluding hydrogens is 268 g/mol. The fourth-order valence-electron chi connectivity index (χ4n) is 1.72. The Kier molecular flexibility index (Phi) is 4.28. The summed E-state index contributed by atoms with van der Waals surface area (Å²) >= 11 is 1.81. The molecule has 0 fully saturated rings. The summed E-state index contributed by atoms with van der Waals surface area (Å²) in [5.41, 5.74) is 6.62. The summed E-state index contributed by atoms with van der Waals surface area (Å²) in [5.74, 6) is 2.68. The molecule has 1 heterocycles. The van der Waals surface area contributed by atoms with Crippen molar-refractivity contribution in [2.24, 2.45) is 0 Å². The zero-order valence-electron chi connectivity index (χ0n) is 12.3. The van der Waals surface area contributed by atoms with Crippen LogP contribution < -0.4 is 5.73 Å². The minimum absolute atomic E-state index is 0.149. The van der Waals surface area contributed by atoms with Crippen LogP contribution in [0.25, 0.3) is 11.4 Å². The first-order chi connectivity index (χ1) is 9.40. The van der Waals surface area contributed by atoms with E-state index in [1.54, 1.807) is 0 Å². The molecule has 0 aliphatic heterocycles. The maximum absolute atomic E-state index is 5.80. The first-order valence-corrected chi connectivity index (χ1v) is 7.64. The summed E-state index contributed by atoms with van der Waals surface area (Å²) in [7, 11) is 0. The van der Waals surface area contributed by atoms with E-state index in [0.717, 1.165) is 11.3 Å². The lowest BCUT2D eigenvalue weighted by Gasteiger charge is -2.17. The molecule has 2 N–H and O–H groups in total. The molecular formula is C15H20N4S. The van der Waals surface area contributed by atoms with Gasteiger partial charge < -0.3 is 5.73 Å². The number of aromatic nitrogens is 3. The van der Waals surface area contributed by atoms with E-state index in [9.17, 15) is 0 Å². The number of nitrogens with zero attached hydrogens (tertiary/aromatic N) is 3. The van der Waals surface area contributed by atoms with Gasteiger partial charge in [-0.15, -0.1) is 11.8 Å². The molecule has 0 amide bonds. The topological polar surface area (TPSA) is 64.7 Å². The van der Waals surface area contributed by atoms with E-state index in [-0.39, 0.29) is 11.4 Å². The molecule has 1 aromatic heterocycles. The van der Waals surface area contributed by atoms with Crippen molar-refractivity contribution in [1.29, 1.82) is 0 Å². The molecule has 0 bridgehead atoms. The summed E-state index contributed by atoms with van der Waals surface area (Å²) in [6.07, 6.45) is 0. The minimum atomic E-state index is -0.149. The molecule has 0 atom stereocenters. The van der Waals surface area contributed by atoms with Gasteiger partial charge in [-0.05, 0) is 17.9 Å². The first kappa shape index (κ1) is 14.8. The Morgan fingerprint density at radius 2 is 1.70 bits per heavy atom. The maximum Gasteiger partial charge on any atom is 0.223 e. The van der Waals surface area contributed by atoms with Gasteiger partial charge in [0.15, 0.2) is 5.82 Å². The normalized spacial score (nSPS) is 11.6. The van der Waals surface area contributed by atoms with E-state index >= 15 is 0 Å². The average Bonchev–Trinajstić information content (AvgIpc) is 2.38. The molecule has 20 heavy (non-hydrogen) atoms. The van der Waals surface area contributed by atoms with Crippen molar-refractivity contribution in [3.63, 3.8) is 0 Å². The zero-order chi connectivity index (χ0) is 14.8. The van der Waals surface area contributed by atoms with Crippen LogP contribution in [0.3, 0.4) is 0 Å². The molecule has 4 nitrogen and oxygen atoms in total. The van der Waals surface area contributed by atoms with Crippen LogP contribution in [0.15, 0.2) is 29.2 Å². The summed E-state index contributed by atoms with van der Waals surface area (Å²) in [4.78, 5) is 14.3. The van der Waals surface area contributed by atoms with Gasteiger partial charge in [-0.1, -0.05) is 39.8 Å². The largest absolute Gasteiger partial charge is 0.368 e. The Morgan fingerprint density at radius 3 is 2.25 bits per heavy atom. The number of anilines is 1. The lowest BCUT2D eigenvalue weighted by molar-refractivity contribution is 0.544. The van der Waals surface area contributed by atoms with Crippen LogP contribution in [-0.2, 0) is 5.41 Å². The SMILES string of the molecule is CCSc1ccc(-c2nc(N)nc(C(C)(C)C)n2)cc1. The molecule has 0 saturated carbocycles. The van der Waals surface area contributed by atoms with Crippen molar-refractivity contribution < 1.29 is 0 Å².